The first-order chi connectivity index (χ1) is 20.1. The summed E-state index contributed by atoms with van der Waals surface area (Å²) in [6, 6.07) is 41.5. The zero-order chi connectivity index (χ0) is 27.3. The van der Waals surface area contributed by atoms with Gasteiger partial charge < -0.3 is 0 Å². The second-order valence-corrected chi connectivity index (χ2v) is 16.8. The van der Waals surface area contributed by atoms with Crippen molar-refractivity contribution < 1.29 is 0 Å². The molecule has 0 spiro atoms. The molecule has 41 heavy (non-hydrogen) atoms. The lowest BCUT2D eigenvalue weighted by Gasteiger charge is -2.21. The SMILES string of the molecule is C[Si]1(C)c2ccccc2-c2nc(-n3c4ccccc4c4c5sc6ccccc6c5ccc43)nc(-c3ccccc3)c21. The molecule has 9 rings (SSSR count). The predicted molar refractivity (Wildman–Crippen MR) is 177 cm³/mol. The maximum atomic E-state index is 5.45. The van der Waals surface area contributed by atoms with Crippen LogP contribution in [0.4, 0.5) is 0 Å². The first kappa shape index (κ1) is 23.2. The quantitative estimate of drug-likeness (QED) is 0.199. The summed E-state index contributed by atoms with van der Waals surface area (Å²) < 4.78 is 4.93. The number of rotatable bonds is 2. The molecule has 0 saturated heterocycles. The Kier molecular flexibility index (Phi) is 4.65. The van der Waals surface area contributed by atoms with Gasteiger partial charge in [-0.1, -0.05) is 110 Å². The van der Waals surface area contributed by atoms with Crippen LogP contribution in [-0.2, 0) is 0 Å². The molecule has 0 saturated carbocycles. The number of benzene rings is 5. The smallest absolute Gasteiger partial charge is 0.235 e. The molecule has 5 aromatic carbocycles. The lowest BCUT2D eigenvalue weighted by atomic mass is 10.1. The topological polar surface area (TPSA) is 30.7 Å². The summed E-state index contributed by atoms with van der Waals surface area (Å²) in [5.41, 5.74) is 6.84. The van der Waals surface area contributed by atoms with E-state index in [0.29, 0.717) is 0 Å². The summed E-state index contributed by atoms with van der Waals surface area (Å²) in [5, 5.41) is 7.91. The fraction of sp³-hybridized carbons (Fsp3) is 0.0556. The largest absolute Gasteiger partial charge is 0.278 e. The molecule has 0 fully saturated rings. The average Bonchev–Trinajstić information content (AvgIpc) is 3.63. The summed E-state index contributed by atoms with van der Waals surface area (Å²) >= 11 is 1.88. The minimum atomic E-state index is -2.01. The fourth-order valence-corrected chi connectivity index (χ4v) is 11.5. The predicted octanol–water partition coefficient (Wildman–Crippen LogP) is 8.41. The lowest BCUT2D eigenvalue weighted by Crippen LogP contribution is -2.50. The average molecular weight is 560 g/mol. The molecule has 3 nitrogen and oxygen atoms in total. The minimum Gasteiger partial charge on any atom is -0.278 e. The van der Waals surface area contributed by atoms with Gasteiger partial charge in [-0.15, -0.1) is 11.3 Å². The third-order valence-electron chi connectivity index (χ3n) is 8.81. The van der Waals surface area contributed by atoms with Crippen LogP contribution in [0.5, 0.6) is 0 Å². The van der Waals surface area contributed by atoms with Crippen molar-refractivity contribution >= 4 is 71.8 Å². The van der Waals surface area contributed by atoms with E-state index in [1.165, 1.54) is 46.9 Å². The van der Waals surface area contributed by atoms with Crippen LogP contribution in [0.1, 0.15) is 0 Å². The van der Waals surface area contributed by atoms with Crippen molar-refractivity contribution in [3.63, 3.8) is 0 Å². The van der Waals surface area contributed by atoms with Crippen molar-refractivity contribution in [2.24, 2.45) is 0 Å². The van der Waals surface area contributed by atoms with Crippen LogP contribution in [0.25, 0.3) is 70.4 Å². The molecule has 0 unspecified atom stereocenters. The molecule has 194 valence electrons. The molecule has 0 N–H and O–H groups in total. The van der Waals surface area contributed by atoms with Crippen molar-refractivity contribution in [1.82, 2.24) is 14.5 Å². The number of hydrogen-bond acceptors (Lipinski definition) is 3. The zero-order valence-corrected chi connectivity index (χ0v) is 24.5. The summed E-state index contributed by atoms with van der Waals surface area (Å²) in [5.74, 6) is 0.732. The van der Waals surface area contributed by atoms with E-state index in [-0.39, 0.29) is 0 Å². The van der Waals surface area contributed by atoms with E-state index in [4.69, 9.17) is 9.97 Å². The summed E-state index contributed by atoms with van der Waals surface area (Å²) in [6.45, 7) is 4.87. The van der Waals surface area contributed by atoms with Gasteiger partial charge in [-0.2, -0.15) is 0 Å². The van der Waals surface area contributed by atoms with Gasteiger partial charge in [-0.05, 0) is 34.1 Å². The second kappa shape index (κ2) is 8.23. The highest BCUT2D eigenvalue weighted by Crippen LogP contribution is 2.43. The highest BCUT2D eigenvalue weighted by Gasteiger charge is 2.41. The van der Waals surface area contributed by atoms with Gasteiger partial charge in [0.2, 0.25) is 5.95 Å². The number of hydrogen-bond donors (Lipinski definition) is 0. The van der Waals surface area contributed by atoms with Crippen LogP contribution in [0, 0.1) is 0 Å². The molecule has 0 amide bonds. The first-order valence-corrected chi connectivity index (χ1v) is 17.8. The third kappa shape index (κ3) is 3.07. The normalized spacial score (nSPS) is 13.8. The Morgan fingerprint density at radius 1 is 0.610 bits per heavy atom. The maximum Gasteiger partial charge on any atom is 0.235 e. The van der Waals surface area contributed by atoms with Gasteiger partial charge >= 0.3 is 0 Å². The van der Waals surface area contributed by atoms with Crippen molar-refractivity contribution in [2.45, 2.75) is 13.1 Å². The van der Waals surface area contributed by atoms with Crippen LogP contribution in [-0.4, -0.2) is 22.6 Å². The molecule has 0 atom stereocenters. The highest BCUT2D eigenvalue weighted by atomic mass is 32.1. The maximum absolute atomic E-state index is 5.45. The fourth-order valence-electron chi connectivity index (χ4n) is 6.96. The lowest BCUT2D eigenvalue weighted by molar-refractivity contribution is 1.00. The van der Waals surface area contributed by atoms with E-state index in [2.05, 4.69) is 133 Å². The standard InChI is InChI=1S/C36H25N3SSi/c1-41(2)30-19-11-8-16-26(30)33-35(41)32(22-12-4-3-5-13-22)37-36(38-33)39-27-17-9-6-15-25(27)31-28(39)21-20-24-23-14-7-10-18-29(23)40-34(24)31/h3-21H,1-2H3. The molecular formula is C36H25N3SSi. The number of nitrogens with zero attached hydrogens (tertiary/aromatic N) is 3. The Hall–Kier alpha value is -4.58. The summed E-state index contributed by atoms with van der Waals surface area (Å²) in [7, 11) is -2.01. The van der Waals surface area contributed by atoms with Crippen molar-refractivity contribution in [3.8, 4) is 28.5 Å². The molecule has 0 radical (unpaired) electrons. The van der Waals surface area contributed by atoms with E-state index in [9.17, 15) is 0 Å². The number of para-hydroxylation sites is 1. The molecule has 1 aliphatic rings. The van der Waals surface area contributed by atoms with Crippen molar-refractivity contribution in [2.75, 3.05) is 0 Å². The van der Waals surface area contributed by atoms with Crippen LogP contribution >= 0.6 is 11.3 Å². The molecule has 8 aromatic rings. The van der Waals surface area contributed by atoms with Gasteiger partial charge in [0, 0.05) is 36.5 Å². The minimum absolute atomic E-state index is 0.732. The summed E-state index contributed by atoms with van der Waals surface area (Å²) in [4.78, 5) is 10.9. The molecule has 1 aliphatic heterocycles. The Labute approximate surface area is 242 Å². The van der Waals surface area contributed by atoms with Crippen LogP contribution in [0.3, 0.4) is 0 Å². The van der Waals surface area contributed by atoms with E-state index in [1.54, 1.807) is 0 Å². The van der Waals surface area contributed by atoms with Crippen LogP contribution in [0.2, 0.25) is 13.1 Å². The van der Waals surface area contributed by atoms with Gasteiger partial charge in [0.25, 0.3) is 0 Å². The molecular weight excluding hydrogens is 535 g/mol. The molecule has 5 heteroatoms. The number of aromatic nitrogens is 3. The summed E-state index contributed by atoms with van der Waals surface area (Å²) in [6.07, 6.45) is 0. The highest BCUT2D eigenvalue weighted by molar-refractivity contribution is 7.26. The van der Waals surface area contributed by atoms with E-state index in [1.807, 2.05) is 11.3 Å². The van der Waals surface area contributed by atoms with Gasteiger partial charge in [0.05, 0.1) is 22.4 Å². The van der Waals surface area contributed by atoms with E-state index >= 15 is 0 Å². The molecule has 3 aromatic heterocycles. The van der Waals surface area contributed by atoms with Gasteiger partial charge in [-0.25, -0.2) is 9.97 Å². The van der Waals surface area contributed by atoms with Gasteiger partial charge in [-0.3, -0.25) is 4.57 Å². The Morgan fingerprint density at radius 3 is 2.20 bits per heavy atom. The van der Waals surface area contributed by atoms with Crippen LogP contribution in [0.15, 0.2) is 115 Å². The Morgan fingerprint density at radius 2 is 1.32 bits per heavy atom. The zero-order valence-electron chi connectivity index (χ0n) is 22.7. The second-order valence-electron chi connectivity index (χ2n) is 11.4. The van der Waals surface area contributed by atoms with Gasteiger partial charge in [0.15, 0.2) is 0 Å². The number of fused-ring (bicyclic) bond motifs is 10. The Balaban J connectivity index is 1.44. The van der Waals surface area contributed by atoms with E-state index in [0.717, 1.165) is 33.9 Å². The van der Waals surface area contributed by atoms with E-state index < -0.39 is 8.07 Å². The van der Waals surface area contributed by atoms with Crippen LogP contribution < -0.4 is 10.4 Å². The first-order valence-electron chi connectivity index (χ1n) is 14.0. The third-order valence-corrected chi connectivity index (χ3v) is 13.5. The van der Waals surface area contributed by atoms with Gasteiger partial charge in [0.1, 0.15) is 8.07 Å². The van der Waals surface area contributed by atoms with Crippen molar-refractivity contribution in [1.29, 1.82) is 0 Å². The monoisotopic (exact) mass is 559 g/mol. The van der Waals surface area contributed by atoms with Crippen molar-refractivity contribution in [3.05, 3.63) is 115 Å². The molecule has 0 bridgehead atoms. The number of thiophene rings is 1. The molecule has 0 aliphatic carbocycles. The Bertz CT molecular complexity index is 2350. The molecule has 4 heterocycles.